The summed E-state index contributed by atoms with van der Waals surface area (Å²) in [4.78, 5) is 12.0. The Hall–Kier alpha value is -1.69. The van der Waals surface area contributed by atoms with Gasteiger partial charge in [0, 0.05) is 18.7 Å². The van der Waals surface area contributed by atoms with Crippen LogP contribution in [0.1, 0.15) is 24.9 Å². The van der Waals surface area contributed by atoms with E-state index in [-0.39, 0.29) is 23.6 Å². The molecule has 1 heterocycles. The van der Waals surface area contributed by atoms with Crippen LogP contribution in [0.2, 0.25) is 0 Å². The SMILES string of the molecule is CCC(NC(=O)C1CNC1)c1ccccc1OC(F)F. The molecule has 1 aromatic rings. The Morgan fingerprint density at radius 2 is 2.15 bits per heavy atom. The van der Waals surface area contributed by atoms with Crippen molar-refractivity contribution in [3.05, 3.63) is 29.8 Å². The number of carbonyl (C=O) groups excluding carboxylic acids is 1. The molecule has 1 saturated heterocycles. The van der Waals surface area contributed by atoms with Crippen molar-refractivity contribution in [3.63, 3.8) is 0 Å². The monoisotopic (exact) mass is 284 g/mol. The molecule has 110 valence electrons. The van der Waals surface area contributed by atoms with Gasteiger partial charge in [0.15, 0.2) is 0 Å². The highest BCUT2D eigenvalue weighted by Gasteiger charge is 2.27. The Morgan fingerprint density at radius 1 is 1.45 bits per heavy atom. The van der Waals surface area contributed by atoms with Crippen LogP contribution in [0.5, 0.6) is 5.75 Å². The van der Waals surface area contributed by atoms with Gasteiger partial charge < -0.3 is 15.4 Å². The highest BCUT2D eigenvalue weighted by atomic mass is 19.3. The second-order valence-electron chi connectivity index (χ2n) is 4.74. The second-order valence-corrected chi connectivity index (χ2v) is 4.74. The Bertz CT molecular complexity index is 464. The second kappa shape index (κ2) is 6.65. The van der Waals surface area contributed by atoms with Crippen molar-refractivity contribution in [2.45, 2.75) is 26.0 Å². The number of hydrogen-bond acceptors (Lipinski definition) is 3. The van der Waals surface area contributed by atoms with E-state index in [0.29, 0.717) is 25.1 Å². The summed E-state index contributed by atoms with van der Waals surface area (Å²) in [5, 5.41) is 5.92. The van der Waals surface area contributed by atoms with Gasteiger partial charge >= 0.3 is 6.61 Å². The molecule has 4 nitrogen and oxygen atoms in total. The maximum atomic E-state index is 12.4. The highest BCUT2D eigenvalue weighted by Crippen LogP contribution is 2.28. The van der Waals surface area contributed by atoms with Gasteiger partial charge in [0.1, 0.15) is 5.75 Å². The maximum Gasteiger partial charge on any atom is 0.387 e. The fourth-order valence-electron chi connectivity index (χ4n) is 2.14. The maximum absolute atomic E-state index is 12.4. The molecule has 0 bridgehead atoms. The summed E-state index contributed by atoms with van der Waals surface area (Å²) in [7, 11) is 0. The Morgan fingerprint density at radius 3 is 2.70 bits per heavy atom. The van der Waals surface area contributed by atoms with Gasteiger partial charge in [-0.15, -0.1) is 0 Å². The summed E-state index contributed by atoms with van der Waals surface area (Å²) in [6.07, 6.45) is 0.607. The molecule has 1 aliphatic heterocycles. The summed E-state index contributed by atoms with van der Waals surface area (Å²) >= 11 is 0. The zero-order valence-corrected chi connectivity index (χ0v) is 11.2. The van der Waals surface area contributed by atoms with Crippen molar-refractivity contribution in [2.75, 3.05) is 13.1 Å². The summed E-state index contributed by atoms with van der Waals surface area (Å²) in [6, 6.07) is 6.24. The Kier molecular flexibility index (Phi) is 4.89. The minimum absolute atomic E-state index is 0.0350. The zero-order chi connectivity index (χ0) is 14.5. The highest BCUT2D eigenvalue weighted by molar-refractivity contribution is 5.80. The van der Waals surface area contributed by atoms with Gasteiger partial charge in [-0.25, -0.2) is 0 Å². The van der Waals surface area contributed by atoms with E-state index in [1.165, 1.54) is 6.07 Å². The van der Waals surface area contributed by atoms with Crippen LogP contribution in [0.25, 0.3) is 0 Å². The van der Waals surface area contributed by atoms with E-state index < -0.39 is 6.61 Å². The van der Waals surface area contributed by atoms with Gasteiger partial charge in [-0.3, -0.25) is 4.79 Å². The lowest BCUT2D eigenvalue weighted by Gasteiger charge is -2.29. The number of rotatable bonds is 6. The van der Waals surface area contributed by atoms with E-state index in [2.05, 4.69) is 15.4 Å². The lowest BCUT2D eigenvalue weighted by atomic mass is 9.99. The first kappa shape index (κ1) is 14.7. The third-order valence-electron chi connectivity index (χ3n) is 3.39. The van der Waals surface area contributed by atoms with Gasteiger partial charge in [0.05, 0.1) is 12.0 Å². The fourth-order valence-corrected chi connectivity index (χ4v) is 2.14. The van der Waals surface area contributed by atoms with Gasteiger partial charge in [0.2, 0.25) is 5.91 Å². The van der Waals surface area contributed by atoms with Crippen LogP contribution in [-0.2, 0) is 4.79 Å². The summed E-state index contributed by atoms with van der Waals surface area (Å²) in [5.41, 5.74) is 0.580. The number of nitrogens with one attached hydrogen (secondary N) is 2. The average Bonchev–Trinajstić information content (AvgIpc) is 2.34. The molecule has 0 spiro atoms. The first-order valence-corrected chi connectivity index (χ1v) is 6.66. The molecule has 0 aliphatic carbocycles. The Labute approximate surface area is 116 Å². The van der Waals surface area contributed by atoms with E-state index >= 15 is 0 Å². The molecule has 2 rings (SSSR count). The predicted octanol–water partition coefficient (Wildman–Crippen LogP) is 2.07. The van der Waals surface area contributed by atoms with Crippen LogP contribution in [-0.4, -0.2) is 25.6 Å². The third-order valence-corrected chi connectivity index (χ3v) is 3.39. The normalized spacial score (nSPS) is 16.6. The topological polar surface area (TPSA) is 50.4 Å². The molecule has 1 atom stereocenters. The van der Waals surface area contributed by atoms with Crippen molar-refractivity contribution >= 4 is 5.91 Å². The van der Waals surface area contributed by atoms with E-state index in [1.807, 2.05) is 6.92 Å². The van der Waals surface area contributed by atoms with Crippen molar-refractivity contribution in [1.82, 2.24) is 10.6 Å². The standard InChI is InChI=1S/C14H18F2N2O2/c1-2-11(18-13(19)9-7-17-8-9)10-5-3-4-6-12(10)20-14(15)16/h3-6,9,11,14,17H,2,7-8H2,1H3,(H,18,19). The largest absolute Gasteiger partial charge is 0.434 e. The summed E-state index contributed by atoms with van der Waals surface area (Å²) < 4.78 is 29.3. The van der Waals surface area contributed by atoms with E-state index in [4.69, 9.17) is 0 Å². The summed E-state index contributed by atoms with van der Waals surface area (Å²) in [5.74, 6) is 0.0241. The van der Waals surface area contributed by atoms with Gasteiger partial charge in [0.25, 0.3) is 0 Å². The minimum Gasteiger partial charge on any atom is -0.434 e. The number of halogens is 2. The van der Waals surface area contributed by atoms with Gasteiger partial charge in [-0.05, 0) is 12.5 Å². The third kappa shape index (κ3) is 3.45. The van der Waals surface area contributed by atoms with Crippen molar-refractivity contribution in [1.29, 1.82) is 0 Å². The number of ether oxygens (including phenoxy) is 1. The molecular weight excluding hydrogens is 266 g/mol. The van der Waals surface area contributed by atoms with E-state index in [9.17, 15) is 13.6 Å². The average molecular weight is 284 g/mol. The van der Waals surface area contributed by atoms with Crippen LogP contribution in [0.4, 0.5) is 8.78 Å². The molecule has 1 unspecified atom stereocenters. The molecule has 2 N–H and O–H groups in total. The first-order chi connectivity index (χ1) is 9.61. The molecular formula is C14H18F2N2O2. The smallest absolute Gasteiger partial charge is 0.387 e. The molecule has 1 aliphatic rings. The lowest BCUT2D eigenvalue weighted by Crippen LogP contribution is -2.51. The number of benzene rings is 1. The molecule has 6 heteroatoms. The molecule has 1 fully saturated rings. The van der Waals surface area contributed by atoms with Crippen LogP contribution in [0.3, 0.4) is 0 Å². The molecule has 0 radical (unpaired) electrons. The number of carbonyl (C=O) groups is 1. The van der Waals surface area contributed by atoms with Gasteiger partial charge in [-0.1, -0.05) is 25.1 Å². The first-order valence-electron chi connectivity index (χ1n) is 6.66. The predicted molar refractivity (Wildman–Crippen MR) is 70.6 cm³/mol. The van der Waals surface area contributed by atoms with Crippen LogP contribution in [0, 0.1) is 5.92 Å². The van der Waals surface area contributed by atoms with Crippen LogP contribution in [0.15, 0.2) is 24.3 Å². The van der Waals surface area contributed by atoms with Crippen LogP contribution >= 0.6 is 0 Å². The number of alkyl halides is 2. The molecule has 0 saturated carbocycles. The lowest BCUT2D eigenvalue weighted by molar-refractivity contribution is -0.127. The number of hydrogen-bond donors (Lipinski definition) is 2. The molecule has 20 heavy (non-hydrogen) atoms. The van der Waals surface area contributed by atoms with Crippen LogP contribution < -0.4 is 15.4 Å². The molecule has 1 aromatic carbocycles. The minimum atomic E-state index is -2.87. The molecule has 0 aromatic heterocycles. The fraction of sp³-hybridized carbons (Fsp3) is 0.500. The summed E-state index contributed by atoms with van der Waals surface area (Å²) in [6.45, 7) is 0.345. The molecule has 1 amide bonds. The van der Waals surface area contributed by atoms with Crippen molar-refractivity contribution in [2.24, 2.45) is 5.92 Å². The number of amides is 1. The number of para-hydroxylation sites is 1. The van der Waals surface area contributed by atoms with E-state index in [0.717, 1.165) is 0 Å². The zero-order valence-electron chi connectivity index (χ0n) is 11.2. The van der Waals surface area contributed by atoms with E-state index in [1.54, 1.807) is 18.2 Å². The van der Waals surface area contributed by atoms with Crippen molar-refractivity contribution in [3.8, 4) is 5.75 Å². The quantitative estimate of drug-likeness (QED) is 0.841. The van der Waals surface area contributed by atoms with Crippen molar-refractivity contribution < 1.29 is 18.3 Å². The van der Waals surface area contributed by atoms with Gasteiger partial charge in [-0.2, -0.15) is 8.78 Å². The Balaban J connectivity index is 2.11.